The number of furan rings is 1. The van der Waals surface area contributed by atoms with E-state index in [9.17, 15) is 9.59 Å². The minimum absolute atomic E-state index is 0.134. The normalized spacial score (nSPS) is 11.6. The highest BCUT2D eigenvalue weighted by atomic mass is 16.5. The van der Waals surface area contributed by atoms with Crippen LogP contribution in [-0.2, 0) is 6.54 Å². The molecule has 2 aromatic carbocycles. The standard InChI is InChI=1S/C24H27N3O4/c1-16(2)22(18-9-11-20(30-3)12-10-18)27-24(29)25-15-17-6-4-7-19(14-17)26-23(28)21-8-5-13-31-21/h4-14,16,22H,15H2,1-3H3,(H,26,28)(H2,25,27,29). The third-order valence-corrected chi connectivity index (χ3v) is 4.81. The smallest absolute Gasteiger partial charge is 0.315 e. The Hall–Kier alpha value is -3.74. The van der Waals surface area contributed by atoms with Gasteiger partial charge in [-0.1, -0.05) is 38.1 Å². The first-order valence-electron chi connectivity index (χ1n) is 10.1. The van der Waals surface area contributed by atoms with Gasteiger partial charge in [-0.25, -0.2) is 4.79 Å². The number of anilines is 1. The zero-order chi connectivity index (χ0) is 22.2. The van der Waals surface area contributed by atoms with Crippen molar-refractivity contribution in [3.8, 4) is 5.75 Å². The Balaban J connectivity index is 1.57. The molecule has 31 heavy (non-hydrogen) atoms. The molecule has 3 N–H and O–H groups in total. The monoisotopic (exact) mass is 421 g/mol. The number of carbonyl (C=O) groups is 2. The van der Waals surface area contributed by atoms with Crippen LogP contribution in [0.3, 0.4) is 0 Å². The van der Waals surface area contributed by atoms with Gasteiger partial charge in [0, 0.05) is 12.2 Å². The minimum Gasteiger partial charge on any atom is -0.497 e. The van der Waals surface area contributed by atoms with E-state index in [1.165, 1.54) is 6.26 Å². The maximum Gasteiger partial charge on any atom is 0.315 e. The van der Waals surface area contributed by atoms with E-state index >= 15 is 0 Å². The van der Waals surface area contributed by atoms with Gasteiger partial charge in [-0.05, 0) is 53.4 Å². The van der Waals surface area contributed by atoms with E-state index in [0.29, 0.717) is 12.2 Å². The first-order chi connectivity index (χ1) is 15.0. The number of nitrogens with one attached hydrogen (secondary N) is 3. The van der Waals surface area contributed by atoms with Crippen molar-refractivity contribution in [3.63, 3.8) is 0 Å². The summed E-state index contributed by atoms with van der Waals surface area (Å²) in [5, 5.41) is 8.69. The van der Waals surface area contributed by atoms with Crippen LogP contribution in [0.25, 0.3) is 0 Å². The van der Waals surface area contributed by atoms with Crippen molar-refractivity contribution < 1.29 is 18.7 Å². The van der Waals surface area contributed by atoms with Crippen molar-refractivity contribution in [2.24, 2.45) is 5.92 Å². The number of methoxy groups -OCH3 is 1. The second-order valence-corrected chi connectivity index (χ2v) is 7.45. The summed E-state index contributed by atoms with van der Waals surface area (Å²) >= 11 is 0. The fourth-order valence-corrected chi connectivity index (χ4v) is 3.18. The lowest BCUT2D eigenvalue weighted by atomic mass is 9.96. The van der Waals surface area contributed by atoms with Gasteiger partial charge in [0.1, 0.15) is 5.75 Å². The number of hydrogen-bond donors (Lipinski definition) is 3. The second-order valence-electron chi connectivity index (χ2n) is 7.45. The van der Waals surface area contributed by atoms with E-state index in [4.69, 9.17) is 9.15 Å². The zero-order valence-electron chi connectivity index (χ0n) is 17.8. The first-order valence-corrected chi connectivity index (χ1v) is 10.1. The van der Waals surface area contributed by atoms with Crippen LogP contribution in [0.1, 0.15) is 41.6 Å². The molecule has 3 amide bonds. The third-order valence-electron chi connectivity index (χ3n) is 4.81. The van der Waals surface area contributed by atoms with Crippen LogP contribution >= 0.6 is 0 Å². The minimum atomic E-state index is -0.327. The average molecular weight is 421 g/mol. The molecule has 1 atom stereocenters. The lowest BCUT2D eigenvalue weighted by Crippen LogP contribution is -2.39. The van der Waals surface area contributed by atoms with Crippen molar-refractivity contribution in [2.75, 3.05) is 12.4 Å². The number of carbonyl (C=O) groups excluding carboxylic acids is 2. The van der Waals surface area contributed by atoms with Gasteiger partial charge >= 0.3 is 6.03 Å². The van der Waals surface area contributed by atoms with Gasteiger partial charge in [0.15, 0.2) is 5.76 Å². The summed E-state index contributed by atoms with van der Waals surface area (Å²) in [6.45, 7) is 4.43. The second kappa shape index (κ2) is 10.3. The topological polar surface area (TPSA) is 92.6 Å². The summed E-state index contributed by atoms with van der Waals surface area (Å²) in [7, 11) is 1.62. The number of amides is 3. The Labute approximate surface area is 181 Å². The lowest BCUT2D eigenvalue weighted by molar-refractivity contribution is 0.0996. The molecule has 0 radical (unpaired) electrons. The molecule has 0 bridgehead atoms. The molecule has 7 nitrogen and oxygen atoms in total. The molecule has 162 valence electrons. The molecule has 1 aromatic heterocycles. The summed E-state index contributed by atoms with van der Waals surface area (Å²) in [6.07, 6.45) is 1.45. The van der Waals surface area contributed by atoms with Crippen LogP contribution in [0, 0.1) is 5.92 Å². The molecule has 1 heterocycles. The SMILES string of the molecule is COc1ccc(C(NC(=O)NCc2cccc(NC(=O)c3ccco3)c2)C(C)C)cc1. The molecule has 0 saturated heterocycles. The Morgan fingerprint density at radius 3 is 2.45 bits per heavy atom. The fraction of sp³-hybridized carbons (Fsp3) is 0.250. The number of urea groups is 1. The van der Waals surface area contributed by atoms with Crippen molar-refractivity contribution in [1.29, 1.82) is 0 Å². The largest absolute Gasteiger partial charge is 0.497 e. The van der Waals surface area contributed by atoms with Crippen LogP contribution in [0.4, 0.5) is 10.5 Å². The van der Waals surface area contributed by atoms with Gasteiger partial charge in [0.05, 0.1) is 19.4 Å². The third kappa shape index (κ3) is 6.12. The molecular weight excluding hydrogens is 394 g/mol. The summed E-state index contributed by atoms with van der Waals surface area (Å²) in [4.78, 5) is 24.6. The van der Waals surface area contributed by atoms with Crippen molar-refractivity contribution >= 4 is 17.6 Å². The molecule has 0 fully saturated rings. The highest BCUT2D eigenvalue weighted by Gasteiger charge is 2.18. The molecule has 7 heteroatoms. The molecular formula is C24H27N3O4. The van der Waals surface area contributed by atoms with Gasteiger partial charge < -0.3 is 25.1 Å². The highest BCUT2D eigenvalue weighted by Crippen LogP contribution is 2.23. The zero-order valence-corrected chi connectivity index (χ0v) is 17.8. The van der Waals surface area contributed by atoms with E-state index in [2.05, 4.69) is 29.8 Å². The van der Waals surface area contributed by atoms with Crippen LogP contribution in [0.5, 0.6) is 5.75 Å². The molecule has 1 unspecified atom stereocenters. The van der Waals surface area contributed by atoms with Crippen LogP contribution < -0.4 is 20.7 Å². The van der Waals surface area contributed by atoms with Gasteiger partial charge in [0.2, 0.25) is 0 Å². The molecule has 0 aliphatic rings. The Bertz CT molecular complexity index is 998. The maximum absolute atomic E-state index is 12.5. The highest BCUT2D eigenvalue weighted by molar-refractivity contribution is 6.02. The Morgan fingerprint density at radius 2 is 1.81 bits per heavy atom. The van der Waals surface area contributed by atoms with Gasteiger partial charge in [-0.15, -0.1) is 0 Å². The quantitative estimate of drug-likeness (QED) is 0.490. The Kier molecular flexibility index (Phi) is 7.32. The molecule has 0 spiro atoms. The van der Waals surface area contributed by atoms with E-state index in [1.807, 2.05) is 42.5 Å². The number of rotatable bonds is 8. The lowest BCUT2D eigenvalue weighted by Gasteiger charge is -2.23. The molecule has 0 saturated carbocycles. The first kappa shape index (κ1) is 22.0. The van der Waals surface area contributed by atoms with Gasteiger partial charge in [0.25, 0.3) is 5.91 Å². The van der Waals surface area contributed by atoms with Crippen LogP contribution in [0.15, 0.2) is 71.3 Å². The molecule has 3 aromatic rings. The number of benzene rings is 2. The predicted molar refractivity (Wildman–Crippen MR) is 119 cm³/mol. The summed E-state index contributed by atoms with van der Waals surface area (Å²) in [5.41, 5.74) is 2.49. The van der Waals surface area contributed by atoms with E-state index in [-0.39, 0.29) is 29.7 Å². The fourth-order valence-electron chi connectivity index (χ4n) is 3.18. The van der Waals surface area contributed by atoms with Crippen LogP contribution in [-0.4, -0.2) is 19.0 Å². The van der Waals surface area contributed by atoms with E-state index < -0.39 is 0 Å². The Morgan fingerprint density at radius 1 is 1.03 bits per heavy atom. The van der Waals surface area contributed by atoms with Crippen molar-refractivity contribution in [1.82, 2.24) is 10.6 Å². The molecule has 3 rings (SSSR count). The van der Waals surface area contributed by atoms with Crippen LogP contribution in [0.2, 0.25) is 0 Å². The predicted octanol–water partition coefficient (Wildman–Crippen LogP) is 4.74. The average Bonchev–Trinajstić information content (AvgIpc) is 3.31. The van der Waals surface area contributed by atoms with Gasteiger partial charge in [-0.2, -0.15) is 0 Å². The number of ether oxygens (including phenoxy) is 1. The van der Waals surface area contributed by atoms with Crippen molar-refractivity contribution in [3.05, 3.63) is 83.8 Å². The van der Waals surface area contributed by atoms with Crippen molar-refractivity contribution in [2.45, 2.75) is 26.4 Å². The maximum atomic E-state index is 12.5. The molecule has 0 aliphatic heterocycles. The molecule has 0 aliphatic carbocycles. The van der Waals surface area contributed by atoms with E-state index in [0.717, 1.165) is 16.9 Å². The summed E-state index contributed by atoms with van der Waals surface area (Å²) < 4.78 is 10.3. The van der Waals surface area contributed by atoms with Gasteiger partial charge in [-0.3, -0.25) is 4.79 Å². The van der Waals surface area contributed by atoms with E-state index in [1.54, 1.807) is 25.3 Å². The summed E-state index contributed by atoms with van der Waals surface area (Å²) in [6, 6.07) is 17.8. The summed E-state index contributed by atoms with van der Waals surface area (Å²) in [5.74, 6) is 0.891. The number of hydrogen-bond acceptors (Lipinski definition) is 4.